The summed E-state index contributed by atoms with van der Waals surface area (Å²) in [5, 5.41) is 5.24. The lowest BCUT2D eigenvalue weighted by Gasteiger charge is -2.15. The summed E-state index contributed by atoms with van der Waals surface area (Å²) in [5.41, 5.74) is 6.59. The standard InChI is InChI=1S/C15H21N3O4.ClH/c1-9(2)14(16)15(20)18-7-13(19)17-6-10-3-4-11-12(5-10)22-8-21-11;/h3-5,9,14H,6-8,16H2,1-2H3,(H,17,19)(H,18,20);1H/t14-;/m0./s1. The van der Waals surface area contributed by atoms with Gasteiger partial charge in [0.2, 0.25) is 18.6 Å². The van der Waals surface area contributed by atoms with Gasteiger partial charge in [0.1, 0.15) is 0 Å². The number of nitrogens with one attached hydrogen (secondary N) is 2. The number of rotatable bonds is 6. The number of halogens is 1. The van der Waals surface area contributed by atoms with Crippen LogP contribution >= 0.6 is 12.4 Å². The summed E-state index contributed by atoms with van der Waals surface area (Å²) in [6.45, 7) is 4.17. The average molecular weight is 344 g/mol. The highest BCUT2D eigenvalue weighted by atomic mass is 35.5. The minimum absolute atomic E-state index is 0. The third-order valence-corrected chi connectivity index (χ3v) is 3.37. The predicted molar refractivity (Wildman–Crippen MR) is 87.5 cm³/mol. The van der Waals surface area contributed by atoms with Crippen molar-refractivity contribution >= 4 is 24.2 Å². The monoisotopic (exact) mass is 343 g/mol. The zero-order valence-electron chi connectivity index (χ0n) is 13.1. The van der Waals surface area contributed by atoms with E-state index in [-0.39, 0.29) is 43.5 Å². The molecule has 0 aromatic heterocycles. The molecule has 23 heavy (non-hydrogen) atoms. The molecule has 2 amide bonds. The van der Waals surface area contributed by atoms with Crippen molar-refractivity contribution < 1.29 is 19.1 Å². The molecule has 1 aliphatic rings. The van der Waals surface area contributed by atoms with E-state index in [2.05, 4.69) is 10.6 Å². The van der Waals surface area contributed by atoms with E-state index >= 15 is 0 Å². The molecule has 7 nitrogen and oxygen atoms in total. The van der Waals surface area contributed by atoms with Gasteiger partial charge in [0.05, 0.1) is 12.6 Å². The molecule has 0 radical (unpaired) electrons. The van der Waals surface area contributed by atoms with Crippen molar-refractivity contribution in [3.8, 4) is 11.5 Å². The van der Waals surface area contributed by atoms with Crippen LogP contribution in [-0.4, -0.2) is 31.2 Å². The maximum atomic E-state index is 11.7. The molecule has 0 saturated heterocycles. The number of hydrogen-bond acceptors (Lipinski definition) is 5. The lowest BCUT2D eigenvalue weighted by atomic mass is 10.1. The number of fused-ring (bicyclic) bond motifs is 1. The van der Waals surface area contributed by atoms with E-state index < -0.39 is 6.04 Å². The Kier molecular flexibility index (Phi) is 7.12. The lowest BCUT2D eigenvalue weighted by Crippen LogP contribution is -2.47. The van der Waals surface area contributed by atoms with Crippen molar-refractivity contribution in [2.24, 2.45) is 11.7 Å². The molecule has 8 heteroatoms. The molecule has 4 N–H and O–H groups in total. The van der Waals surface area contributed by atoms with E-state index in [0.717, 1.165) is 5.56 Å². The van der Waals surface area contributed by atoms with Crippen LogP contribution in [0.1, 0.15) is 19.4 Å². The van der Waals surface area contributed by atoms with Gasteiger partial charge in [-0.1, -0.05) is 19.9 Å². The van der Waals surface area contributed by atoms with Gasteiger partial charge in [-0.15, -0.1) is 12.4 Å². The smallest absolute Gasteiger partial charge is 0.239 e. The van der Waals surface area contributed by atoms with Crippen molar-refractivity contribution in [2.45, 2.75) is 26.4 Å². The van der Waals surface area contributed by atoms with E-state index in [1.165, 1.54) is 0 Å². The Morgan fingerprint density at radius 2 is 1.91 bits per heavy atom. The summed E-state index contributed by atoms with van der Waals surface area (Å²) in [4.78, 5) is 23.4. The highest BCUT2D eigenvalue weighted by Gasteiger charge is 2.17. The van der Waals surface area contributed by atoms with Crippen LogP contribution in [0.2, 0.25) is 0 Å². The number of hydrogen-bond donors (Lipinski definition) is 3. The van der Waals surface area contributed by atoms with E-state index in [9.17, 15) is 9.59 Å². The summed E-state index contributed by atoms with van der Waals surface area (Å²) in [6, 6.07) is 4.85. The Morgan fingerprint density at radius 3 is 2.61 bits per heavy atom. The summed E-state index contributed by atoms with van der Waals surface area (Å²) < 4.78 is 10.5. The van der Waals surface area contributed by atoms with Crippen LogP contribution in [0, 0.1) is 5.92 Å². The zero-order valence-corrected chi connectivity index (χ0v) is 13.9. The van der Waals surface area contributed by atoms with E-state index in [0.29, 0.717) is 18.0 Å². The first-order valence-corrected chi connectivity index (χ1v) is 7.16. The van der Waals surface area contributed by atoms with Gasteiger partial charge < -0.3 is 25.8 Å². The van der Waals surface area contributed by atoms with Gasteiger partial charge in [-0.25, -0.2) is 0 Å². The highest BCUT2D eigenvalue weighted by molar-refractivity contribution is 5.87. The van der Waals surface area contributed by atoms with E-state index in [1.54, 1.807) is 6.07 Å². The zero-order chi connectivity index (χ0) is 16.1. The third-order valence-electron chi connectivity index (χ3n) is 3.37. The van der Waals surface area contributed by atoms with Gasteiger partial charge in [0.15, 0.2) is 11.5 Å². The molecule has 1 heterocycles. The molecule has 1 aliphatic heterocycles. The van der Waals surface area contributed by atoms with Crippen LogP contribution in [0.3, 0.4) is 0 Å². The largest absolute Gasteiger partial charge is 0.454 e. The summed E-state index contributed by atoms with van der Waals surface area (Å²) >= 11 is 0. The normalized spacial score (nSPS) is 13.2. The summed E-state index contributed by atoms with van der Waals surface area (Å²) in [5.74, 6) is 0.792. The topological polar surface area (TPSA) is 103 Å². The Bertz CT molecular complexity index is 566. The molecule has 128 valence electrons. The van der Waals surface area contributed by atoms with Crippen molar-refractivity contribution in [2.75, 3.05) is 13.3 Å². The summed E-state index contributed by atoms with van der Waals surface area (Å²) in [7, 11) is 0. The number of benzene rings is 1. The molecule has 0 unspecified atom stereocenters. The number of carbonyl (C=O) groups is 2. The number of carbonyl (C=O) groups excluding carboxylic acids is 2. The predicted octanol–water partition coefficient (Wildman–Crippen LogP) is 0.553. The first-order chi connectivity index (χ1) is 10.5. The van der Waals surface area contributed by atoms with Crippen molar-refractivity contribution in [1.82, 2.24) is 10.6 Å². The van der Waals surface area contributed by atoms with Crippen molar-refractivity contribution in [3.63, 3.8) is 0 Å². The Hall–Kier alpha value is -1.99. The number of amides is 2. The lowest BCUT2D eigenvalue weighted by molar-refractivity contribution is -0.127. The molecule has 1 atom stereocenters. The minimum atomic E-state index is -0.610. The fourth-order valence-corrected chi connectivity index (χ4v) is 1.90. The Morgan fingerprint density at radius 1 is 1.22 bits per heavy atom. The first kappa shape index (κ1) is 19.1. The van der Waals surface area contributed by atoms with Crippen LogP contribution in [-0.2, 0) is 16.1 Å². The SMILES string of the molecule is CC(C)[C@H](N)C(=O)NCC(=O)NCc1ccc2c(c1)OCO2.Cl. The summed E-state index contributed by atoms with van der Waals surface area (Å²) in [6.07, 6.45) is 0. The van der Waals surface area contributed by atoms with Gasteiger partial charge in [-0.3, -0.25) is 9.59 Å². The number of ether oxygens (including phenoxy) is 2. The molecule has 0 saturated carbocycles. The second-order valence-electron chi connectivity index (χ2n) is 5.45. The van der Waals surface area contributed by atoms with Crippen LogP contribution < -0.4 is 25.8 Å². The quantitative estimate of drug-likeness (QED) is 0.700. The highest BCUT2D eigenvalue weighted by Crippen LogP contribution is 2.32. The fourth-order valence-electron chi connectivity index (χ4n) is 1.90. The average Bonchev–Trinajstić information content (AvgIpc) is 2.97. The van der Waals surface area contributed by atoms with Crippen LogP contribution in [0.4, 0.5) is 0 Å². The molecule has 1 aromatic rings. The maximum Gasteiger partial charge on any atom is 0.239 e. The van der Waals surface area contributed by atoms with Crippen LogP contribution in [0.5, 0.6) is 11.5 Å². The van der Waals surface area contributed by atoms with Crippen LogP contribution in [0.15, 0.2) is 18.2 Å². The fraction of sp³-hybridized carbons (Fsp3) is 0.467. The number of nitrogens with two attached hydrogens (primary N) is 1. The Labute approximate surface area is 141 Å². The molecular weight excluding hydrogens is 322 g/mol. The molecular formula is C15H22ClN3O4. The van der Waals surface area contributed by atoms with E-state index in [1.807, 2.05) is 26.0 Å². The molecule has 1 aromatic carbocycles. The molecule has 0 bridgehead atoms. The molecule has 0 spiro atoms. The second kappa shape index (κ2) is 8.59. The van der Waals surface area contributed by atoms with Gasteiger partial charge in [0.25, 0.3) is 0 Å². The third kappa shape index (κ3) is 5.30. The van der Waals surface area contributed by atoms with Gasteiger partial charge in [-0.2, -0.15) is 0 Å². The van der Waals surface area contributed by atoms with Gasteiger partial charge >= 0.3 is 0 Å². The van der Waals surface area contributed by atoms with E-state index in [4.69, 9.17) is 15.2 Å². The van der Waals surface area contributed by atoms with Gasteiger partial charge in [0, 0.05) is 6.54 Å². The Balaban J connectivity index is 0.00000264. The first-order valence-electron chi connectivity index (χ1n) is 7.16. The van der Waals surface area contributed by atoms with Crippen molar-refractivity contribution in [1.29, 1.82) is 0 Å². The molecule has 2 rings (SSSR count). The minimum Gasteiger partial charge on any atom is -0.454 e. The van der Waals surface area contributed by atoms with Crippen molar-refractivity contribution in [3.05, 3.63) is 23.8 Å². The maximum absolute atomic E-state index is 11.7. The second-order valence-corrected chi connectivity index (χ2v) is 5.45. The molecule has 0 fully saturated rings. The van der Waals surface area contributed by atoms with Gasteiger partial charge in [-0.05, 0) is 23.6 Å². The van der Waals surface area contributed by atoms with Crippen LogP contribution in [0.25, 0.3) is 0 Å². The molecule has 0 aliphatic carbocycles.